The minimum atomic E-state index is -0.879. The highest BCUT2D eigenvalue weighted by Crippen LogP contribution is 2.60. The number of esters is 1. The van der Waals surface area contributed by atoms with Gasteiger partial charge in [0.05, 0.1) is 24.6 Å². The number of halogens is 1. The van der Waals surface area contributed by atoms with E-state index in [0.29, 0.717) is 6.61 Å². The number of carbonyl (C=O) groups excluding carboxylic acids is 1. The van der Waals surface area contributed by atoms with Crippen molar-refractivity contribution in [3.63, 3.8) is 0 Å². The van der Waals surface area contributed by atoms with Crippen LogP contribution in [-0.2, 0) is 9.53 Å². The van der Waals surface area contributed by atoms with E-state index in [1.165, 1.54) is 63.9 Å². The summed E-state index contributed by atoms with van der Waals surface area (Å²) < 4.78 is 5.23. The summed E-state index contributed by atoms with van der Waals surface area (Å²) in [6, 6.07) is 0. The van der Waals surface area contributed by atoms with E-state index in [2.05, 4.69) is 20.8 Å². The fourth-order valence-corrected chi connectivity index (χ4v) is 7.32. The number of hydrogen-bond acceptors (Lipinski definition) is 2. The van der Waals surface area contributed by atoms with Crippen molar-refractivity contribution in [3.8, 4) is 0 Å². The first kappa shape index (κ1) is 22.7. The summed E-state index contributed by atoms with van der Waals surface area (Å²) in [5.74, 6) is -0.125. The maximum atomic E-state index is 11.0. The molecule has 0 saturated heterocycles. The Hall–Kier alpha value is 0.380. The molecule has 0 saturated carbocycles. The summed E-state index contributed by atoms with van der Waals surface area (Å²) in [5.41, 5.74) is 0. The van der Waals surface area contributed by atoms with Crippen LogP contribution in [0.2, 0.25) is 0 Å². The molecule has 0 bridgehead atoms. The van der Waals surface area contributed by atoms with Crippen molar-refractivity contribution >= 4 is 13.2 Å². The average molecular weight is 369 g/mol. The molecule has 20 heavy (non-hydrogen) atoms. The predicted octanol–water partition coefficient (Wildman–Crippen LogP) is 1.97. The quantitative estimate of drug-likeness (QED) is 0.388. The largest absolute Gasteiger partial charge is 1.00 e. The maximum Gasteiger partial charge on any atom is 0.302 e. The highest BCUT2D eigenvalue weighted by Gasteiger charge is 2.35. The number of unbranched alkanes of at least 4 members (excludes halogenated alkanes) is 3. The highest BCUT2D eigenvalue weighted by molar-refractivity contribution is 7.75. The third kappa shape index (κ3) is 11.1. The molecular weight excluding hydrogens is 335 g/mol. The van der Waals surface area contributed by atoms with Gasteiger partial charge in [0.15, 0.2) is 0 Å². The van der Waals surface area contributed by atoms with Gasteiger partial charge in [-0.15, -0.1) is 0 Å². The summed E-state index contributed by atoms with van der Waals surface area (Å²) in [7, 11) is -0.879. The normalized spacial score (nSPS) is 11.0. The second-order valence-corrected chi connectivity index (χ2v) is 10.1. The van der Waals surface area contributed by atoms with Crippen LogP contribution < -0.4 is 17.0 Å². The summed E-state index contributed by atoms with van der Waals surface area (Å²) in [6.07, 6.45) is 13.3. The van der Waals surface area contributed by atoms with Crippen LogP contribution in [0.3, 0.4) is 0 Å². The van der Waals surface area contributed by atoms with Crippen LogP contribution in [0.25, 0.3) is 0 Å². The van der Waals surface area contributed by atoms with Crippen LogP contribution in [-0.4, -0.2) is 37.2 Å². The Kier molecular flexibility index (Phi) is 16.2. The topological polar surface area (TPSA) is 26.3 Å². The molecule has 4 heteroatoms. The Morgan fingerprint density at radius 1 is 0.850 bits per heavy atom. The first-order valence-electron chi connectivity index (χ1n) is 8.08. The molecule has 122 valence electrons. The number of rotatable bonds is 12. The van der Waals surface area contributed by atoms with Crippen molar-refractivity contribution in [2.45, 2.75) is 66.2 Å². The SMILES string of the molecule is CCCC[P+](CCCC)(CCCC)CCOC(C)=O.[Br-]. The maximum absolute atomic E-state index is 11.0. The van der Waals surface area contributed by atoms with E-state index < -0.39 is 7.26 Å². The lowest BCUT2D eigenvalue weighted by atomic mass is 10.4. The molecule has 0 atom stereocenters. The van der Waals surface area contributed by atoms with Crippen molar-refractivity contribution in [2.75, 3.05) is 31.3 Å². The number of hydrogen-bond donors (Lipinski definition) is 0. The first-order chi connectivity index (χ1) is 9.10. The molecule has 0 heterocycles. The molecule has 0 N–H and O–H groups in total. The lowest BCUT2D eigenvalue weighted by Gasteiger charge is -2.27. The van der Waals surface area contributed by atoms with Crippen LogP contribution in [0.15, 0.2) is 0 Å². The van der Waals surface area contributed by atoms with Gasteiger partial charge in [-0.05, 0) is 19.3 Å². The van der Waals surface area contributed by atoms with Crippen LogP contribution in [0.4, 0.5) is 0 Å². The van der Waals surface area contributed by atoms with Crippen molar-refractivity contribution < 1.29 is 26.5 Å². The van der Waals surface area contributed by atoms with Gasteiger partial charge >= 0.3 is 5.97 Å². The third-order valence-corrected chi connectivity index (χ3v) is 8.75. The fraction of sp³-hybridized carbons (Fsp3) is 0.938. The van der Waals surface area contributed by atoms with Gasteiger partial charge in [-0.3, -0.25) is 4.79 Å². The van der Waals surface area contributed by atoms with Gasteiger partial charge in [-0.2, -0.15) is 0 Å². The summed E-state index contributed by atoms with van der Waals surface area (Å²) in [5, 5.41) is 0. The molecule has 0 amide bonds. The van der Waals surface area contributed by atoms with E-state index in [-0.39, 0.29) is 23.0 Å². The van der Waals surface area contributed by atoms with Gasteiger partial charge in [0.2, 0.25) is 0 Å². The Bertz CT molecular complexity index is 213. The Morgan fingerprint density at radius 2 is 1.25 bits per heavy atom. The Morgan fingerprint density at radius 3 is 1.55 bits per heavy atom. The van der Waals surface area contributed by atoms with Crippen LogP contribution in [0.5, 0.6) is 0 Å². The third-order valence-electron chi connectivity index (χ3n) is 3.83. The van der Waals surface area contributed by atoms with Gasteiger partial charge in [-0.1, -0.05) is 40.0 Å². The van der Waals surface area contributed by atoms with E-state index in [1.807, 2.05) is 0 Å². The number of ether oxygens (including phenoxy) is 1. The first-order valence-corrected chi connectivity index (χ1v) is 10.6. The molecule has 0 aliphatic rings. The van der Waals surface area contributed by atoms with E-state index in [4.69, 9.17) is 4.74 Å². The zero-order chi connectivity index (χ0) is 14.6. The van der Waals surface area contributed by atoms with Crippen molar-refractivity contribution in [1.29, 1.82) is 0 Å². The van der Waals surface area contributed by atoms with E-state index >= 15 is 0 Å². The van der Waals surface area contributed by atoms with E-state index in [1.54, 1.807) is 0 Å². The standard InChI is InChI=1S/C16H34O2P.BrH/c1-5-8-12-19(13-9-6-2,14-10-7-3)15-11-18-16(4)17;/h5-15H2,1-4H3;1H/q+1;/p-1. The van der Waals surface area contributed by atoms with E-state index in [9.17, 15) is 4.79 Å². The minimum absolute atomic E-state index is 0. The summed E-state index contributed by atoms with van der Waals surface area (Å²) >= 11 is 0. The predicted molar refractivity (Wildman–Crippen MR) is 87.7 cm³/mol. The van der Waals surface area contributed by atoms with Gasteiger partial charge in [-0.25, -0.2) is 0 Å². The second-order valence-electron chi connectivity index (χ2n) is 5.64. The molecule has 0 rings (SSSR count). The van der Waals surface area contributed by atoms with Crippen LogP contribution in [0.1, 0.15) is 66.2 Å². The molecule has 0 fully saturated rings. The van der Waals surface area contributed by atoms with Gasteiger partial charge in [0.1, 0.15) is 6.61 Å². The molecule has 0 unspecified atom stereocenters. The summed E-state index contributed by atoms with van der Waals surface area (Å²) in [6.45, 7) is 9.01. The molecule has 0 aromatic carbocycles. The molecule has 0 spiro atoms. The molecule has 0 aromatic heterocycles. The molecular formula is C16H34BrO2P. The van der Waals surface area contributed by atoms with Crippen molar-refractivity contribution in [1.82, 2.24) is 0 Å². The monoisotopic (exact) mass is 368 g/mol. The van der Waals surface area contributed by atoms with Crippen molar-refractivity contribution in [3.05, 3.63) is 0 Å². The molecule has 0 radical (unpaired) electrons. The van der Waals surface area contributed by atoms with Crippen molar-refractivity contribution in [2.24, 2.45) is 0 Å². The van der Waals surface area contributed by atoms with Crippen LogP contribution >= 0.6 is 7.26 Å². The zero-order valence-electron chi connectivity index (χ0n) is 13.9. The number of carbonyl (C=O) groups is 1. The zero-order valence-corrected chi connectivity index (χ0v) is 16.4. The van der Waals surface area contributed by atoms with Gasteiger partial charge in [0, 0.05) is 14.2 Å². The molecule has 0 aromatic rings. The highest BCUT2D eigenvalue weighted by atomic mass is 79.9. The Labute approximate surface area is 137 Å². The summed E-state index contributed by atoms with van der Waals surface area (Å²) in [4.78, 5) is 11.0. The second kappa shape index (κ2) is 14.3. The van der Waals surface area contributed by atoms with E-state index in [0.717, 1.165) is 6.16 Å². The van der Waals surface area contributed by atoms with Gasteiger partial charge in [0.25, 0.3) is 0 Å². The lowest BCUT2D eigenvalue weighted by molar-refractivity contribution is -0.140. The molecule has 0 aliphatic carbocycles. The van der Waals surface area contributed by atoms with Gasteiger partial charge < -0.3 is 21.7 Å². The molecule has 2 nitrogen and oxygen atoms in total. The fourth-order valence-electron chi connectivity index (χ4n) is 2.53. The Balaban J connectivity index is 0. The lowest BCUT2D eigenvalue weighted by Crippen LogP contribution is -3.00. The molecule has 0 aliphatic heterocycles. The van der Waals surface area contributed by atoms with Crippen LogP contribution in [0, 0.1) is 0 Å². The average Bonchev–Trinajstić information content (AvgIpc) is 2.39. The smallest absolute Gasteiger partial charge is 0.302 e. The minimum Gasteiger partial charge on any atom is -1.00 e.